The summed E-state index contributed by atoms with van der Waals surface area (Å²) in [6.07, 6.45) is 0. The van der Waals surface area contributed by atoms with Gasteiger partial charge < -0.3 is 4.12 Å². The Balaban J connectivity index is 4.05. The van der Waals surface area contributed by atoms with E-state index in [-0.39, 0.29) is 9.76 Å². The normalized spacial score (nSPS) is 14.5. The SMILES string of the molecule is C[C]([SiH2]O[SiH3])C(C)(C)C(C)C. The smallest absolute Gasteiger partial charge is 0.152 e. The van der Waals surface area contributed by atoms with Gasteiger partial charge in [-0.2, -0.15) is 0 Å². The number of rotatable bonds is 4. The van der Waals surface area contributed by atoms with Crippen LogP contribution in [0.2, 0.25) is 0 Å². The van der Waals surface area contributed by atoms with E-state index in [4.69, 9.17) is 4.12 Å². The van der Waals surface area contributed by atoms with E-state index in [1.807, 2.05) is 0 Å². The molecule has 0 spiro atoms. The highest BCUT2D eigenvalue weighted by Gasteiger charge is 2.29. The molecule has 1 radical (unpaired) electrons. The minimum Gasteiger partial charge on any atom is -0.468 e. The lowest BCUT2D eigenvalue weighted by atomic mass is 9.78. The summed E-state index contributed by atoms with van der Waals surface area (Å²) in [5.74, 6) is 0.729. The molecule has 0 aromatic rings. The third kappa shape index (κ3) is 3.09. The summed E-state index contributed by atoms with van der Waals surface area (Å²) >= 11 is 0. The topological polar surface area (TPSA) is 9.23 Å². The molecule has 0 amide bonds. The molecule has 0 aromatic carbocycles. The van der Waals surface area contributed by atoms with Crippen molar-refractivity contribution in [1.29, 1.82) is 0 Å². The minimum absolute atomic E-state index is 0.322. The standard InChI is InChI=1S/C8H21OSi2/c1-6(2)8(4,5)7(3)11-9-10/h6H,11H2,1-5,10H3. The molecule has 3 heteroatoms. The van der Waals surface area contributed by atoms with Crippen LogP contribution in [0.15, 0.2) is 0 Å². The zero-order chi connectivity index (χ0) is 9.07. The average molecular weight is 189 g/mol. The minimum atomic E-state index is -0.322. The highest BCUT2D eigenvalue weighted by atomic mass is 28.3. The van der Waals surface area contributed by atoms with Crippen molar-refractivity contribution in [3.8, 4) is 0 Å². The maximum absolute atomic E-state index is 5.38. The Morgan fingerprint density at radius 1 is 1.45 bits per heavy atom. The molecule has 0 fully saturated rings. The van der Waals surface area contributed by atoms with Gasteiger partial charge in [0.15, 0.2) is 9.76 Å². The van der Waals surface area contributed by atoms with Crippen LogP contribution in [-0.2, 0) is 4.12 Å². The summed E-state index contributed by atoms with van der Waals surface area (Å²) in [6.45, 7) is 11.5. The summed E-state index contributed by atoms with van der Waals surface area (Å²) in [6, 6.07) is 0. The Bertz CT molecular complexity index is 113. The molecule has 0 aliphatic rings. The molecule has 1 nitrogen and oxygen atoms in total. The predicted molar refractivity (Wildman–Crippen MR) is 57.1 cm³/mol. The van der Waals surface area contributed by atoms with Crippen LogP contribution in [-0.4, -0.2) is 20.2 Å². The highest BCUT2D eigenvalue weighted by Crippen LogP contribution is 2.35. The van der Waals surface area contributed by atoms with Crippen molar-refractivity contribution in [2.75, 3.05) is 0 Å². The van der Waals surface area contributed by atoms with Crippen LogP contribution in [0.4, 0.5) is 0 Å². The molecule has 0 aromatic heterocycles. The fourth-order valence-corrected chi connectivity index (χ4v) is 3.41. The monoisotopic (exact) mass is 189 g/mol. The molecule has 11 heavy (non-hydrogen) atoms. The lowest BCUT2D eigenvalue weighted by Gasteiger charge is -2.34. The molecule has 0 atom stereocenters. The van der Waals surface area contributed by atoms with Gasteiger partial charge in [-0.1, -0.05) is 34.6 Å². The second-order valence-electron chi connectivity index (χ2n) is 4.09. The third-order valence-electron chi connectivity index (χ3n) is 2.90. The summed E-state index contributed by atoms with van der Waals surface area (Å²) in [7, 11) is 0.585. The van der Waals surface area contributed by atoms with Crippen LogP contribution < -0.4 is 0 Å². The molecule has 0 saturated heterocycles. The lowest BCUT2D eigenvalue weighted by molar-refractivity contribution is 0.286. The van der Waals surface area contributed by atoms with Crippen LogP contribution in [0.3, 0.4) is 0 Å². The van der Waals surface area contributed by atoms with Crippen molar-refractivity contribution < 1.29 is 4.12 Å². The van der Waals surface area contributed by atoms with E-state index < -0.39 is 0 Å². The van der Waals surface area contributed by atoms with Gasteiger partial charge in [0, 0.05) is 0 Å². The maximum atomic E-state index is 5.38. The predicted octanol–water partition coefficient (Wildman–Crippen LogP) is 0.601. The number of hydrogen-bond acceptors (Lipinski definition) is 1. The van der Waals surface area contributed by atoms with Gasteiger partial charge in [0.05, 0.1) is 0 Å². The van der Waals surface area contributed by atoms with Crippen molar-refractivity contribution >= 4 is 20.2 Å². The lowest BCUT2D eigenvalue weighted by Crippen LogP contribution is -2.30. The van der Waals surface area contributed by atoms with Gasteiger partial charge in [-0.15, -0.1) is 0 Å². The Morgan fingerprint density at radius 2 is 1.91 bits per heavy atom. The van der Waals surface area contributed by atoms with Crippen LogP contribution in [0.25, 0.3) is 0 Å². The first-order valence-electron chi connectivity index (χ1n) is 4.24. The second-order valence-corrected chi connectivity index (χ2v) is 7.75. The molecule has 0 aliphatic heterocycles. The van der Waals surface area contributed by atoms with Crippen molar-refractivity contribution in [1.82, 2.24) is 0 Å². The zero-order valence-corrected chi connectivity index (χ0v) is 12.1. The van der Waals surface area contributed by atoms with E-state index >= 15 is 0 Å². The molecule has 0 heterocycles. The van der Waals surface area contributed by atoms with E-state index in [1.54, 1.807) is 5.54 Å². The van der Waals surface area contributed by atoms with E-state index in [2.05, 4.69) is 34.6 Å². The first-order chi connectivity index (χ1) is 4.92. The molecule has 0 N–H and O–H groups in total. The zero-order valence-electron chi connectivity index (χ0n) is 8.69. The van der Waals surface area contributed by atoms with Gasteiger partial charge in [0.2, 0.25) is 0 Å². The van der Waals surface area contributed by atoms with E-state index in [1.165, 1.54) is 0 Å². The van der Waals surface area contributed by atoms with Gasteiger partial charge in [0.1, 0.15) is 10.5 Å². The quantitative estimate of drug-likeness (QED) is 0.589. The van der Waals surface area contributed by atoms with Gasteiger partial charge in [-0.3, -0.25) is 0 Å². The van der Waals surface area contributed by atoms with Gasteiger partial charge in [0.25, 0.3) is 0 Å². The second kappa shape index (κ2) is 4.43. The number of hydrogen-bond donors (Lipinski definition) is 0. The van der Waals surface area contributed by atoms with Crippen molar-refractivity contribution in [2.45, 2.75) is 34.6 Å². The van der Waals surface area contributed by atoms with E-state index in [0.29, 0.717) is 5.41 Å². The van der Waals surface area contributed by atoms with Crippen molar-refractivity contribution in [3.05, 3.63) is 5.54 Å². The van der Waals surface area contributed by atoms with Crippen molar-refractivity contribution in [3.63, 3.8) is 0 Å². The summed E-state index contributed by atoms with van der Waals surface area (Å²) in [5.41, 5.74) is 1.99. The first kappa shape index (κ1) is 11.4. The Labute approximate surface area is 76.4 Å². The summed E-state index contributed by atoms with van der Waals surface area (Å²) in [5, 5.41) is 0. The average Bonchev–Trinajstić information content (AvgIpc) is 1.88. The van der Waals surface area contributed by atoms with Crippen LogP contribution >= 0.6 is 0 Å². The highest BCUT2D eigenvalue weighted by molar-refractivity contribution is 6.41. The maximum Gasteiger partial charge on any atom is 0.152 e. The molecule has 0 unspecified atom stereocenters. The summed E-state index contributed by atoms with van der Waals surface area (Å²) in [4.78, 5) is 0. The van der Waals surface area contributed by atoms with Crippen molar-refractivity contribution in [2.24, 2.45) is 11.3 Å². The molecular weight excluding hydrogens is 168 g/mol. The Kier molecular flexibility index (Phi) is 4.59. The van der Waals surface area contributed by atoms with E-state index in [9.17, 15) is 0 Å². The largest absolute Gasteiger partial charge is 0.468 e. The van der Waals surface area contributed by atoms with Crippen LogP contribution in [0.1, 0.15) is 34.6 Å². The van der Waals surface area contributed by atoms with E-state index in [0.717, 1.165) is 16.4 Å². The molecule has 0 rings (SSSR count). The van der Waals surface area contributed by atoms with Gasteiger partial charge >= 0.3 is 0 Å². The molecular formula is C8H21OSi2. The molecule has 0 aliphatic carbocycles. The van der Waals surface area contributed by atoms with Crippen LogP contribution in [0, 0.1) is 16.9 Å². The molecule has 0 saturated carbocycles. The van der Waals surface area contributed by atoms with Crippen LogP contribution in [0.5, 0.6) is 0 Å². The van der Waals surface area contributed by atoms with Gasteiger partial charge in [-0.05, 0) is 16.9 Å². The molecule has 67 valence electrons. The first-order valence-corrected chi connectivity index (χ1v) is 6.34. The third-order valence-corrected chi connectivity index (χ3v) is 5.40. The Morgan fingerprint density at radius 3 is 2.18 bits per heavy atom. The van der Waals surface area contributed by atoms with Gasteiger partial charge in [-0.25, -0.2) is 0 Å². The fourth-order valence-electron chi connectivity index (χ4n) is 0.895. The molecule has 0 bridgehead atoms. The fraction of sp³-hybridized carbons (Fsp3) is 0.875. The summed E-state index contributed by atoms with van der Waals surface area (Å²) < 4.78 is 5.38. The Hall–Kier alpha value is 0.394.